The minimum atomic E-state index is -0.126. The van der Waals surface area contributed by atoms with E-state index in [0.29, 0.717) is 5.56 Å². The van der Waals surface area contributed by atoms with Crippen LogP contribution in [0.2, 0.25) is 0 Å². The number of carbonyl (C=O) groups is 1. The van der Waals surface area contributed by atoms with Gasteiger partial charge in [0.15, 0.2) is 0 Å². The van der Waals surface area contributed by atoms with E-state index in [9.17, 15) is 4.79 Å². The van der Waals surface area contributed by atoms with Crippen molar-refractivity contribution in [3.8, 4) is 11.3 Å². The molecular formula is C35H31N5O2. The van der Waals surface area contributed by atoms with Crippen molar-refractivity contribution < 1.29 is 9.21 Å². The second-order valence-electron chi connectivity index (χ2n) is 10.7. The zero-order valence-corrected chi connectivity index (χ0v) is 23.4. The second kappa shape index (κ2) is 11.0. The number of piperazine rings is 1. The highest BCUT2D eigenvalue weighted by Gasteiger charge is 2.16. The molecule has 42 heavy (non-hydrogen) atoms. The number of amides is 1. The van der Waals surface area contributed by atoms with Gasteiger partial charge in [0.25, 0.3) is 5.91 Å². The lowest BCUT2D eigenvalue weighted by Gasteiger charge is -2.34. The van der Waals surface area contributed by atoms with E-state index in [1.165, 1.54) is 0 Å². The van der Waals surface area contributed by atoms with Crippen LogP contribution in [0.25, 0.3) is 33.2 Å². The van der Waals surface area contributed by atoms with Crippen molar-refractivity contribution in [2.24, 2.45) is 0 Å². The monoisotopic (exact) mass is 553 g/mol. The van der Waals surface area contributed by atoms with E-state index in [4.69, 9.17) is 4.42 Å². The minimum Gasteiger partial charge on any atom is -0.455 e. The maximum atomic E-state index is 12.9. The Balaban J connectivity index is 1.03. The number of hydrogen-bond donors (Lipinski definition) is 2. The van der Waals surface area contributed by atoms with E-state index in [1.54, 1.807) is 6.20 Å². The molecule has 0 unspecified atom stereocenters. The number of carbonyl (C=O) groups excluding carboxylic acids is 1. The van der Waals surface area contributed by atoms with Gasteiger partial charge in [0, 0.05) is 77.0 Å². The molecule has 1 aliphatic rings. The first-order valence-corrected chi connectivity index (χ1v) is 14.2. The predicted molar refractivity (Wildman–Crippen MR) is 171 cm³/mol. The van der Waals surface area contributed by atoms with Gasteiger partial charge in [0.2, 0.25) is 0 Å². The van der Waals surface area contributed by atoms with E-state index in [-0.39, 0.29) is 5.91 Å². The van der Waals surface area contributed by atoms with Crippen molar-refractivity contribution in [1.82, 2.24) is 9.88 Å². The summed E-state index contributed by atoms with van der Waals surface area (Å²) in [5, 5.41) is 8.63. The summed E-state index contributed by atoms with van der Waals surface area (Å²) in [6, 6.07) is 33.7. The summed E-state index contributed by atoms with van der Waals surface area (Å²) in [5.41, 5.74) is 7.81. The molecule has 4 aromatic carbocycles. The molecule has 7 rings (SSSR count). The van der Waals surface area contributed by atoms with Crippen LogP contribution in [-0.4, -0.2) is 49.0 Å². The van der Waals surface area contributed by atoms with Gasteiger partial charge in [0.05, 0.1) is 5.69 Å². The maximum Gasteiger partial charge on any atom is 0.255 e. The van der Waals surface area contributed by atoms with Crippen molar-refractivity contribution in [2.45, 2.75) is 0 Å². The lowest BCUT2D eigenvalue weighted by atomic mass is 10.1. The van der Waals surface area contributed by atoms with Crippen LogP contribution in [0, 0.1) is 0 Å². The largest absolute Gasteiger partial charge is 0.455 e. The van der Waals surface area contributed by atoms with Crippen molar-refractivity contribution in [3.05, 3.63) is 115 Å². The number of rotatable bonds is 6. The molecule has 0 bridgehead atoms. The first-order valence-electron chi connectivity index (χ1n) is 14.2. The van der Waals surface area contributed by atoms with Crippen LogP contribution in [0.3, 0.4) is 0 Å². The highest BCUT2D eigenvalue weighted by atomic mass is 16.3. The molecule has 1 aliphatic heterocycles. The lowest BCUT2D eigenvalue weighted by molar-refractivity contribution is 0.102. The van der Waals surface area contributed by atoms with Crippen LogP contribution < -0.4 is 15.5 Å². The van der Waals surface area contributed by atoms with Crippen LogP contribution in [-0.2, 0) is 0 Å². The lowest BCUT2D eigenvalue weighted by Crippen LogP contribution is -2.44. The fraction of sp³-hybridized carbons (Fsp3) is 0.143. The number of benzene rings is 4. The number of nitrogens with zero attached hydrogens (tertiary/aromatic N) is 3. The maximum absolute atomic E-state index is 12.9. The molecular weight excluding hydrogens is 522 g/mol. The quantitative estimate of drug-likeness (QED) is 0.224. The predicted octanol–water partition coefficient (Wildman–Crippen LogP) is 7.40. The molecule has 0 aliphatic carbocycles. The molecule has 2 N–H and O–H groups in total. The zero-order chi connectivity index (χ0) is 28.5. The normalized spacial score (nSPS) is 13.9. The molecule has 2 aromatic heterocycles. The van der Waals surface area contributed by atoms with Crippen LogP contribution in [0.15, 0.2) is 114 Å². The van der Waals surface area contributed by atoms with Gasteiger partial charge in [-0.3, -0.25) is 9.78 Å². The molecule has 0 saturated carbocycles. The number of fused-ring (bicyclic) bond motifs is 3. The number of nitrogens with one attached hydrogen (secondary N) is 2. The summed E-state index contributed by atoms with van der Waals surface area (Å²) in [6.45, 7) is 4.10. The average molecular weight is 554 g/mol. The van der Waals surface area contributed by atoms with E-state index in [0.717, 1.165) is 82.1 Å². The molecule has 6 aromatic rings. The summed E-state index contributed by atoms with van der Waals surface area (Å²) in [5.74, 6) is -0.126. The number of likely N-dealkylation sites (N-methyl/N-ethyl adjacent to an activating group) is 1. The molecule has 1 amide bonds. The molecule has 1 fully saturated rings. The number of pyridine rings is 1. The molecule has 0 spiro atoms. The fourth-order valence-corrected chi connectivity index (χ4v) is 5.50. The minimum absolute atomic E-state index is 0.126. The van der Waals surface area contributed by atoms with Crippen LogP contribution in [0.4, 0.5) is 22.7 Å². The van der Waals surface area contributed by atoms with Crippen molar-refractivity contribution in [3.63, 3.8) is 0 Å². The first kappa shape index (κ1) is 25.8. The van der Waals surface area contributed by atoms with Gasteiger partial charge in [-0.05, 0) is 79.8 Å². The van der Waals surface area contributed by atoms with E-state index in [1.807, 2.05) is 91.0 Å². The van der Waals surface area contributed by atoms with Gasteiger partial charge in [-0.2, -0.15) is 0 Å². The molecule has 1 saturated heterocycles. The topological polar surface area (TPSA) is 73.6 Å². The van der Waals surface area contributed by atoms with Gasteiger partial charge >= 0.3 is 0 Å². The van der Waals surface area contributed by atoms with Crippen molar-refractivity contribution in [2.75, 3.05) is 48.8 Å². The Morgan fingerprint density at radius 2 is 1.50 bits per heavy atom. The number of para-hydroxylation sites is 2. The third kappa shape index (κ3) is 5.18. The molecule has 7 nitrogen and oxygen atoms in total. The Morgan fingerprint density at radius 1 is 0.762 bits per heavy atom. The Morgan fingerprint density at radius 3 is 2.31 bits per heavy atom. The Kier molecular flexibility index (Phi) is 6.78. The molecule has 3 heterocycles. The van der Waals surface area contributed by atoms with Gasteiger partial charge in [-0.15, -0.1) is 0 Å². The van der Waals surface area contributed by atoms with Gasteiger partial charge in [-0.25, -0.2) is 0 Å². The van der Waals surface area contributed by atoms with Crippen LogP contribution >= 0.6 is 0 Å². The number of furan rings is 1. The van der Waals surface area contributed by atoms with E-state index >= 15 is 0 Å². The second-order valence-corrected chi connectivity index (χ2v) is 10.7. The summed E-state index contributed by atoms with van der Waals surface area (Å²) in [6.07, 6.45) is 1.79. The third-order valence-electron chi connectivity index (χ3n) is 7.87. The Bertz CT molecular complexity index is 1870. The summed E-state index contributed by atoms with van der Waals surface area (Å²) in [7, 11) is 2.15. The molecule has 0 radical (unpaired) electrons. The molecule has 7 heteroatoms. The number of hydrogen-bond acceptors (Lipinski definition) is 6. The smallest absolute Gasteiger partial charge is 0.255 e. The highest BCUT2D eigenvalue weighted by Crippen LogP contribution is 2.35. The van der Waals surface area contributed by atoms with Gasteiger partial charge < -0.3 is 24.9 Å². The fourth-order valence-electron chi connectivity index (χ4n) is 5.50. The number of anilines is 4. The average Bonchev–Trinajstić information content (AvgIpc) is 3.42. The number of aromatic nitrogens is 1. The molecule has 0 atom stereocenters. The van der Waals surface area contributed by atoms with E-state index < -0.39 is 0 Å². The van der Waals surface area contributed by atoms with Crippen molar-refractivity contribution in [1.29, 1.82) is 0 Å². The van der Waals surface area contributed by atoms with Crippen LogP contribution in [0.1, 0.15) is 10.4 Å². The summed E-state index contributed by atoms with van der Waals surface area (Å²) in [4.78, 5) is 22.2. The third-order valence-corrected chi connectivity index (χ3v) is 7.87. The first-order chi connectivity index (χ1) is 20.6. The Labute approximate surface area is 244 Å². The van der Waals surface area contributed by atoms with E-state index in [2.05, 4.69) is 44.6 Å². The van der Waals surface area contributed by atoms with Gasteiger partial charge in [0.1, 0.15) is 11.2 Å². The highest BCUT2D eigenvalue weighted by molar-refractivity contribution is 6.09. The Hall–Kier alpha value is -5.14. The zero-order valence-electron chi connectivity index (χ0n) is 23.4. The summed E-state index contributed by atoms with van der Waals surface area (Å²) < 4.78 is 6.21. The SMILES string of the molecule is CN1CCN(c2ccc(C(=O)Nc3ccc(Nc4ccnc(-c5cccc6c5oc5ccccc56)c4)cc3)cc2)CC1. The van der Waals surface area contributed by atoms with Gasteiger partial charge in [-0.1, -0.05) is 30.3 Å². The van der Waals surface area contributed by atoms with Crippen LogP contribution in [0.5, 0.6) is 0 Å². The van der Waals surface area contributed by atoms with Crippen molar-refractivity contribution >= 4 is 50.6 Å². The standard InChI is InChI=1S/C35H31N5O2/c1-39-19-21-40(22-20-39)28-15-9-24(10-16-28)35(41)38-26-13-11-25(12-14-26)37-27-17-18-36-32(23-27)31-7-4-6-30-29-5-2-3-8-33(29)42-34(30)31/h2-18,23H,19-22H2,1H3,(H,36,37)(H,38,41). The summed E-state index contributed by atoms with van der Waals surface area (Å²) >= 11 is 0. The molecule has 208 valence electrons.